The fourth-order valence-corrected chi connectivity index (χ4v) is 4.58. The number of methoxy groups -OCH3 is 1. The lowest BCUT2D eigenvalue weighted by Crippen LogP contribution is -2.47. The van der Waals surface area contributed by atoms with Crippen molar-refractivity contribution < 1.29 is 19.1 Å². The zero-order chi connectivity index (χ0) is 32.9. The van der Waals surface area contributed by atoms with Crippen molar-refractivity contribution in [1.29, 1.82) is 10.5 Å². The summed E-state index contributed by atoms with van der Waals surface area (Å²) in [6.07, 6.45) is 5.13. The summed E-state index contributed by atoms with van der Waals surface area (Å²) in [6.45, 7) is 2.87. The lowest BCUT2D eigenvalue weighted by molar-refractivity contribution is -0.135. The number of aliphatic imine (C=N–C) groups is 1. The Kier molecular flexibility index (Phi) is 11.4. The highest BCUT2D eigenvalue weighted by Gasteiger charge is 2.31. The molecule has 0 saturated carbocycles. The molecular formula is C35H33N7O4. The molecule has 3 aromatic carbocycles. The van der Waals surface area contributed by atoms with E-state index in [4.69, 9.17) is 15.3 Å². The quantitative estimate of drug-likeness (QED) is 0.203. The first-order valence-corrected chi connectivity index (χ1v) is 14.5. The van der Waals surface area contributed by atoms with E-state index < -0.39 is 24.1 Å². The molecule has 11 nitrogen and oxygen atoms in total. The van der Waals surface area contributed by atoms with Gasteiger partial charge in [-0.3, -0.25) is 19.8 Å². The molecule has 0 radical (unpaired) electrons. The van der Waals surface area contributed by atoms with Crippen molar-refractivity contribution in [3.8, 4) is 17.9 Å². The number of benzene rings is 3. The Morgan fingerprint density at radius 2 is 1.65 bits per heavy atom. The summed E-state index contributed by atoms with van der Waals surface area (Å²) in [5.74, 6) is -1.02. The number of amides is 3. The van der Waals surface area contributed by atoms with Crippen LogP contribution in [0.15, 0.2) is 89.6 Å². The maximum Gasteiger partial charge on any atom is 0.297 e. The van der Waals surface area contributed by atoms with E-state index in [1.54, 1.807) is 42.5 Å². The number of nitriles is 2. The van der Waals surface area contributed by atoms with Crippen LogP contribution in [0.4, 0.5) is 11.4 Å². The third kappa shape index (κ3) is 8.91. The lowest BCUT2D eigenvalue weighted by atomic mass is 10.1. The Morgan fingerprint density at radius 3 is 2.28 bits per heavy atom. The smallest absolute Gasteiger partial charge is 0.297 e. The van der Waals surface area contributed by atoms with Gasteiger partial charge in [-0.25, -0.2) is 4.99 Å². The molecule has 232 valence electrons. The zero-order valence-electron chi connectivity index (χ0n) is 25.6. The van der Waals surface area contributed by atoms with E-state index >= 15 is 0 Å². The number of amidine groups is 1. The lowest BCUT2D eigenvalue weighted by Gasteiger charge is -2.23. The van der Waals surface area contributed by atoms with Gasteiger partial charge in [0.1, 0.15) is 17.9 Å². The molecule has 1 heterocycles. The maximum atomic E-state index is 13.5. The van der Waals surface area contributed by atoms with E-state index in [0.717, 1.165) is 27.4 Å². The van der Waals surface area contributed by atoms with Crippen molar-refractivity contribution >= 4 is 47.1 Å². The van der Waals surface area contributed by atoms with Crippen LogP contribution in [0.25, 0.3) is 12.2 Å². The minimum absolute atomic E-state index is 0.0948. The molecule has 1 aliphatic heterocycles. The van der Waals surface area contributed by atoms with Crippen molar-refractivity contribution in [2.75, 3.05) is 30.4 Å². The Morgan fingerprint density at radius 1 is 0.957 bits per heavy atom. The molecule has 0 fully saturated rings. The molecule has 1 aliphatic rings. The third-order valence-electron chi connectivity index (χ3n) is 6.94. The molecule has 0 unspecified atom stereocenters. The van der Waals surface area contributed by atoms with Gasteiger partial charge in [-0.05, 0) is 72.2 Å². The molecule has 0 atom stereocenters. The van der Waals surface area contributed by atoms with E-state index in [0.29, 0.717) is 37.4 Å². The third-order valence-corrected chi connectivity index (χ3v) is 6.94. The number of hydrazine groups is 1. The Bertz CT molecular complexity index is 1730. The molecule has 3 amide bonds. The summed E-state index contributed by atoms with van der Waals surface area (Å²) in [5.41, 5.74) is 6.42. The second-order valence-electron chi connectivity index (χ2n) is 10.2. The van der Waals surface area contributed by atoms with Gasteiger partial charge < -0.3 is 15.0 Å². The number of aryl methyl sites for hydroxylation is 1. The normalized spacial score (nSPS) is 13.2. The van der Waals surface area contributed by atoms with Gasteiger partial charge in [0.15, 0.2) is 5.84 Å². The highest BCUT2D eigenvalue weighted by atomic mass is 16.5. The van der Waals surface area contributed by atoms with Crippen LogP contribution in [0.2, 0.25) is 0 Å². The molecular weight excluding hydrogens is 582 g/mol. The molecule has 2 N–H and O–H groups in total. The van der Waals surface area contributed by atoms with Crippen LogP contribution >= 0.6 is 0 Å². The fraction of sp³-hybridized carbons (Fsp3) is 0.200. The van der Waals surface area contributed by atoms with Gasteiger partial charge in [-0.15, -0.1) is 0 Å². The predicted molar refractivity (Wildman–Crippen MR) is 176 cm³/mol. The van der Waals surface area contributed by atoms with Crippen molar-refractivity contribution in [3.05, 3.63) is 101 Å². The minimum atomic E-state index is -0.697. The van der Waals surface area contributed by atoms with E-state index in [2.05, 4.69) is 27.9 Å². The Labute approximate surface area is 267 Å². The van der Waals surface area contributed by atoms with E-state index in [9.17, 15) is 14.4 Å². The number of anilines is 2. The highest BCUT2D eigenvalue weighted by Crippen LogP contribution is 2.25. The first-order valence-electron chi connectivity index (χ1n) is 14.5. The van der Waals surface area contributed by atoms with Crippen LogP contribution in [0.3, 0.4) is 0 Å². The van der Waals surface area contributed by atoms with Gasteiger partial charge in [0.05, 0.1) is 32.1 Å². The minimum Gasteiger partial charge on any atom is -0.497 e. The molecule has 0 saturated heterocycles. The van der Waals surface area contributed by atoms with Crippen LogP contribution < -0.4 is 20.4 Å². The van der Waals surface area contributed by atoms with E-state index in [1.807, 2.05) is 60.4 Å². The highest BCUT2D eigenvalue weighted by molar-refractivity contribution is 6.19. The van der Waals surface area contributed by atoms with Gasteiger partial charge in [0.25, 0.3) is 5.91 Å². The van der Waals surface area contributed by atoms with E-state index in [-0.39, 0.29) is 11.5 Å². The molecule has 3 aromatic rings. The number of ether oxygens (including phenoxy) is 1. The average molecular weight is 616 g/mol. The predicted octanol–water partition coefficient (Wildman–Crippen LogP) is 4.99. The summed E-state index contributed by atoms with van der Waals surface area (Å²) >= 11 is 0. The van der Waals surface area contributed by atoms with Crippen LogP contribution in [-0.4, -0.2) is 48.8 Å². The largest absolute Gasteiger partial charge is 0.497 e. The molecule has 4 rings (SSSR count). The van der Waals surface area contributed by atoms with Crippen LogP contribution in [-0.2, 0) is 14.4 Å². The number of carbonyl (C=O) groups excluding carboxylic acids is 3. The SMILES string of the molecule is COc1ccc(NC(=O)CC(=O)NN2C(=O)/C(=C/c3ccc(N(CCC#N)CCC#N)cc3C)N=C2/C=C\c2ccccc2)cc1. The van der Waals surface area contributed by atoms with Crippen molar-refractivity contribution in [2.45, 2.75) is 26.2 Å². The number of nitrogens with zero attached hydrogens (tertiary/aromatic N) is 5. The molecule has 46 heavy (non-hydrogen) atoms. The average Bonchev–Trinajstić information content (AvgIpc) is 3.34. The summed E-state index contributed by atoms with van der Waals surface area (Å²) < 4.78 is 5.12. The number of hydrogen-bond acceptors (Lipinski definition) is 8. The summed E-state index contributed by atoms with van der Waals surface area (Å²) in [5, 5.41) is 21.8. The molecule has 0 aromatic heterocycles. The second-order valence-corrected chi connectivity index (χ2v) is 10.2. The second kappa shape index (κ2) is 16.0. The summed E-state index contributed by atoms with van der Waals surface area (Å²) in [4.78, 5) is 45.5. The van der Waals surface area contributed by atoms with Gasteiger partial charge in [-0.2, -0.15) is 15.5 Å². The number of rotatable bonds is 13. The first-order chi connectivity index (χ1) is 22.3. The van der Waals surface area contributed by atoms with Crippen molar-refractivity contribution in [1.82, 2.24) is 10.4 Å². The van der Waals surface area contributed by atoms with Crippen molar-refractivity contribution in [2.24, 2.45) is 4.99 Å². The zero-order valence-corrected chi connectivity index (χ0v) is 25.6. The molecule has 0 bridgehead atoms. The Hall–Kier alpha value is -6.20. The molecule has 0 spiro atoms. The maximum absolute atomic E-state index is 13.5. The van der Waals surface area contributed by atoms with Gasteiger partial charge in [0.2, 0.25) is 11.8 Å². The number of carbonyl (C=O) groups is 3. The van der Waals surface area contributed by atoms with Gasteiger partial charge in [-0.1, -0.05) is 42.5 Å². The topological polar surface area (TPSA) is 151 Å². The standard InChI is InChI=1S/C35H33N7O4/c1-25-22-29(41(20-6-18-36)21-7-19-37)14-11-27(25)23-31-35(45)42(32(39-31)17-10-26-8-4-3-5-9-26)40-34(44)24-33(43)38-28-12-15-30(46-2)16-13-28/h3-5,8-17,22-23H,6-7,20-21,24H2,1-2H3,(H,38,43)(H,40,44)/b17-10-,31-23-. The summed E-state index contributed by atoms with van der Waals surface area (Å²) in [6, 6.07) is 26.0. The van der Waals surface area contributed by atoms with Crippen molar-refractivity contribution in [3.63, 3.8) is 0 Å². The molecule has 11 heteroatoms. The van der Waals surface area contributed by atoms with Crippen LogP contribution in [0.5, 0.6) is 5.75 Å². The Balaban J connectivity index is 1.54. The monoisotopic (exact) mass is 615 g/mol. The number of hydrogen-bond donors (Lipinski definition) is 2. The first kappa shape index (κ1) is 32.7. The fourth-order valence-electron chi connectivity index (χ4n) is 4.58. The van der Waals surface area contributed by atoms with E-state index in [1.165, 1.54) is 7.11 Å². The van der Waals surface area contributed by atoms with Gasteiger partial charge >= 0.3 is 0 Å². The van der Waals surface area contributed by atoms with Crippen LogP contribution in [0, 0.1) is 29.6 Å². The molecule has 0 aliphatic carbocycles. The van der Waals surface area contributed by atoms with Gasteiger partial charge in [0, 0.05) is 24.5 Å². The summed E-state index contributed by atoms with van der Waals surface area (Å²) in [7, 11) is 1.54. The van der Waals surface area contributed by atoms with Crippen LogP contribution in [0.1, 0.15) is 36.0 Å². The number of nitrogens with one attached hydrogen (secondary N) is 2.